The van der Waals surface area contributed by atoms with Crippen molar-refractivity contribution in [2.24, 2.45) is 23.7 Å². The van der Waals surface area contributed by atoms with Gasteiger partial charge in [0.2, 0.25) is 0 Å². The molecular weight excluding hydrogens is 192 g/mol. The van der Waals surface area contributed by atoms with Crippen LogP contribution in [-0.4, -0.2) is 5.88 Å². The Morgan fingerprint density at radius 1 is 1.07 bits per heavy atom. The third-order valence-electron chi connectivity index (χ3n) is 4.59. The molecule has 1 heteroatoms. The van der Waals surface area contributed by atoms with E-state index in [1.54, 1.807) is 0 Å². The zero-order valence-corrected chi connectivity index (χ0v) is 10.1. The molecular formula is C13H23Cl. The zero-order chi connectivity index (χ0) is 9.97. The van der Waals surface area contributed by atoms with Crippen LogP contribution < -0.4 is 0 Å². The fraction of sp³-hybridized carbons (Fsp3) is 1.00. The van der Waals surface area contributed by atoms with E-state index in [0.717, 1.165) is 29.6 Å². The maximum atomic E-state index is 5.84. The van der Waals surface area contributed by atoms with E-state index >= 15 is 0 Å². The summed E-state index contributed by atoms with van der Waals surface area (Å²) < 4.78 is 0. The van der Waals surface area contributed by atoms with Crippen LogP contribution in [0.4, 0.5) is 0 Å². The molecule has 0 saturated heterocycles. The van der Waals surface area contributed by atoms with Crippen LogP contribution in [0.2, 0.25) is 0 Å². The summed E-state index contributed by atoms with van der Waals surface area (Å²) in [6, 6.07) is 0. The minimum absolute atomic E-state index is 0.884. The lowest BCUT2D eigenvalue weighted by molar-refractivity contribution is 0.361. The predicted octanol–water partition coefficient (Wildman–Crippen LogP) is 4.47. The van der Waals surface area contributed by atoms with Gasteiger partial charge in [0.25, 0.3) is 0 Å². The maximum Gasteiger partial charge on any atom is 0.0226 e. The van der Waals surface area contributed by atoms with Crippen LogP contribution in [0.15, 0.2) is 0 Å². The monoisotopic (exact) mass is 214 g/mol. The summed E-state index contributed by atoms with van der Waals surface area (Å²) in [7, 11) is 0. The van der Waals surface area contributed by atoms with Crippen molar-refractivity contribution in [3.05, 3.63) is 0 Å². The topological polar surface area (TPSA) is 0 Å². The molecule has 0 N–H and O–H groups in total. The Hall–Kier alpha value is 0.290. The Kier molecular flexibility index (Phi) is 3.76. The minimum Gasteiger partial charge on any atom is -0.127 e. The van der Waals surface area contributed by atoms with Gasteiger partial charge >= 0.3 is 0 Å². The second-order valence-electron chi connectivity index (χ2n) is 5.25. The first-order valence-corrected chi connectivity index (χ1v) is 6.96. The number of alkyl halides is 1. The second kappa shape index (κ2) is 4.88. The Morgan fingerprint density at radius 3 is 2.57 bits per heavy atom. The molecule has 0 heterocycles. The van der Waals surface area contributed by atoms with Crippen molar-refractivity contribution in [1.82, 2.24) is 0 Å². The lowest BCUT2D eigenvalue weighted by Crippen LogP contribution is -2.03. The number of halogens is 1. The van der Waals surface area contributed by atoms with Gasteiger partial charge in [-0.25, -0.2) is 0 Å². The molecule has 0 aromatic rings. The van der Waals surface area contributed by atoms with Gasteiger partial charge in [-0.15, -0.1) is 11.6 Å². The van der Waals surface area contributed by atoms with E-state index in [2.05, 4.69) is 6.92 Å². The van der Waals surface area contributed by atoms with Gasteiger partial charge in [0.15, 0.2) is 0 Å². The first-order valence-electron chi connectivity index (χ1n) is 6.42. The van der Waals surface area contributed by atoms with Gasteiger partial charge in [-0.05, 0) is 42.9 Å². The number of rotatable bonds is 3. The van der Waals surface area contributed by atoms with Crippen molar-refractivity contribution >= 4 is 11.6 Å². The molecule has 3 unspecified atom stereocenters. The Labute approximate surface area is 93.4 Å². The summed E-state index contributed by atoms with van der Waals surface area (Å²) in [4.78, 5) is 0. The maximum absolute atomic E-state index is 5.84. The molecule has 0 bridgehead atoms. The third kappa shape index (κ3) is 2.27. The van der Waals surface area contributed by atoms with Gasteiger partial charge in [-0.2, -0.15) is 0 Å². The highest BCUT2D eigenvalue weighted by Gasteiger charge is 2.48. The minimum atomic E-state index is 0.884. The first kappa shape index (κ1) is 10.8. The van der Waals surface area contributed by atoms with E-state index in [0.29, 0.717) is 0 Å². The van der Waals surface area contributed by atoms with E-state index in [9.17, 15) is 0 Å². The summed E-state index contributed by atoms with van der Waals surface area (Å²) >= 11 is 5.84. The second-order valence-corrected chi connectivity index (χ2v) is 5.63. The van der Waals surface area contributed by atoms with Crippen LogP contribution in [0.25, 0.3) is 0 Å². The van der Waals surface area contributed by atoms with Crippen molar-refractivity contribution in [2.75, 3.05) is 5.88 Å². The van der Waals surface area contributed by atoms with Gasteiger partial charge in [-0.1, -0.05) is 32.6 Å². The summed E-state index contributed by atoms with van der Waals surface area (Å²) in [6.45, 7) is 2.35. The molecule has 0 aromatic carbocycles. The Morgan fingerprint density at radius 2 is 1.86 bits per heavy atom. The summed E-state index contributed by atoms with van der Waals surface area (Å²) in [5.41, 5.74) is 0. The van der Waals surface area contributed by atoms with Crippen molar-refractivity contribution in [1.29, 1.82) is 0 Å². The van der Waals surface area contributed by atoms with Crippen molar-refractivity contribution in [3.63, 3.8) is 0 Å². The molecule has 0 amide bonds. The van der Waals surface area contributed by atoms with E-state index in [1.165, 1.54) is 44.9 Å². The number of hydrogen-bond acceptors (Lipinski definition) is 0. The molecule has 0 aliphatic heterocycles. The molecule has 14 heavy (non-hydrogen) atoms. The highest BCUT2D eigenvalue weighted by atomic mass is 35.5. The molecule has 0 aromatic heterocycles. The fourth-order valence-electron chi connectivity index (χ4n) is 3.56. The van der Waals surface area contributed by atoms with E-state index < -0.39 is 0 Å². The smallest absolute Gasteiger partial charge is 0.0226 e. The average molecular weight is 215 g/mol. The van der Waals surface area contributed by atoms with Gasteiger partial charge in [0, 0.05) is 5.88 Å². The van der Waals surface area contributed by atoms with Gasteiger partial charge < -0.3 is 0 Å². The van der Waals surface area contributed by atoms with E-state index in [4.69, 9.17) is 11.6 Å². The largest absolute Gasteiger partial charge is 0.127 e. The van der Waals surface area contributed by atoms with Crippen LogP contribution in [0.3, 0.4) is 0 Å². The lowest BCUT2D eigenvalue weighted by atomic mass is 9.89. The van der Waals surface area contributed by atoms with Crippen LogP contribution in [0.5, 0.6) is 0 Å². The first-order chi connectivity index (χ1) is 6.86. The summed E-state index contributed by atoms with van der Waals surface area (Å²) in [5.74, 6) is 5.08. The van der Waals surface area contributed by atoms with E-state index in [1.807, 2.05) is 0 Å². The van der Waals surface area contributed by atoms with Gasteiger partial charge in [-0.3, -0.25) is 0 Å². The number of hydrogen-bond donors (Lipinski definition) is 0. The molecule has 2 fully saturated rings. The molecule has 0 radical (unpaired) electrons. The molecule has 82 valence electrons. The molecule has 2 aliphatic carbocycles. The molecule has 0 nitrogen and oxygen atoms in total. The predicted molar refractivity (Wildman–Crippen MR) is 62.7 cm³/mol. The number of fused-ring (bicyclic) bond motifs is 1. The average Bonchev–Trinajstić information content (AvgIpc) is 2.78. The zero-order valence-electron chi connectivity index (χ0n) is 9.34. The highest BCUT2D eigenvalue weighted by Crippen LogP contribution is 2.55. The fourth-order valence-corrected chi connectivity index (χ4v) is 3.81. The summed E-state index contributed by atoms with van der Waals surface area (Å²) in [6.07, 6.45) is 10.2. The molecule has 2 rings (SSSR count). The standard InChI is InChI=1S/C13H23Cl/c1-2-10-4-3-5-11-12(7-6-10)13(11)8-9-14/h10-13H,2-9H2,1H3/t10?,11?,12-,13?/m0/s1. The normalized spacial score (nSPS) is 42.4. The van der Waals surface area contributed by atoms with Crippen molar-refractivity contribution < 1.29 is 0 Å². The quantitative estimate of drug-likeness (QED) is 0.609. The van der Waals surface area contributed by atoms with E-state index in [-0.39, 0.29) is 0 Å². The van der Waals surface area contributed by atoms with Crippen molar-refractivity contribution in [3.8, 4) is 0 Å². The van der Waals surface area contributed by atoms with Crippen LogP contribution >= 0.6 is 11.6 Å². The van der Waals surface area contributed by atoms with Gasteiger partial charge in [0.05, 0.1) is 0 Å². The third-order valence-corrected chi connectivity index (χ3v) is 4.81. The molecule has 0 spiro atoms. The van der Waals surface area contributed by atoms with Crippen molar-refractivity contribution in [2.45, 2.75) is 51.9 Å². The Bertz CT molecular complexity index is 174. The van der Waals surface area contributed by atoms with Crippen LogP contribution in [0.1, 0.15) is 51.9 Å². The van der Waals surface area contributed by atoms with Crippen LogP contribution in [-0.2, 0) is 0 Å². The molecule has 2 saturated carbocycles. The van der Waals surface area contributed by atoms with Gasteiger partial charge in [0.1, 0.15) is 0 Å². The molecule has 4 atom stereocenters. The molecule has 2 aliphatic rings. The summed E-state index contributed by atoms with van der Waals surface area (Å²) in [5, 5.41) is 0. The Balaban J connectivity index is 1.81. The van der Waals surface area contributed by atoms with Crippen LogP contribution in [0, 0.1) is 23.7 Å². The highest BCUT2D eigenvalue weighted by molar-refractivity contribution is 6.17. The SMILES string of the molecule is CCC1CCCC2C(CCCl)[C@H]2CC1. The lowest BCUT2D eigenvalue weighted by Gasteiger charge is -2.16.